The van der Waals surface area contributed by atoms with Crippen LogP contribution < -0.4 is 0 Å². The van der Waals surface area contributed by atoms with Gasteiger partial charge in [-0.1, -0.05) is 17.7 Å². The van der Waals surface area contributed by atoms with Crippen LogP contribution in [0.25, 0.3) is 0 Å². The molecule has 0 aliphatic carbocycles. The van der Waals surface area contributed by atoms with E-state index in [-0.39, 0.29) is 4.88 Å². The van der Waals surface area contributed by atoms with Gasteiger partial charge in [-0.05, 0) is 37.5 Å². The van der Waals surface area contributed by atoms with Crippen LogP contribution in [-0.2, 0) is 6.18 Å². The Bertz CT molecular complexity index is 611. The van der Waals surface area contributed by atoms with Crippen molar-refractivity contribution in [3.8, 4) is 0 Å². The predicted octanol–water partition coefficient (Wildman–Crippen LogP) is 4.17. The average Bonchev–Trinajstić information content (AvgIpc) is 2.75. The van der Waals surface area contributed by atoms with Gasteiger partial charge in [0.15, 0.2) is 5.01 Å². The highest BCUT2D eigenvalue weighted by molar-refractivity contribution is 7.11. The topological polar surface area (TPSA) is 33.1 Å². The highest BCUT2D eigenvalue weighted by Crippen LogP contribution is 2.37. The predicted molar refractivity (Wildman–Crippen MR) is 71.8 cm³/mol. The highest BCUT2D eigenvalue weighted by atomic mass is 32.1. The normalized spacial score (nSPS) is 13.6. The number of alkyl halides is 3. The summed E-state index contributed by atoms with van der Waals surface area (Å²) >= 11 is 0.478. The first-order valence-corrected chi connectivity index (χ1v) is 6.80. The van der Waals surface area contributed by atoms with Crippen LogP contribution in [0.4, 0.5) is 13.2 Å². The summed E-state index contributed by atoms with van der Waals surface area (Å²) < 4.78 is 37.6. The Labute approximate surface area is 118 Å². The fourth-order valence-corrected chi connectivity index (χ4v) is 3.09. The van der Waals surface area contributed by atoms with Crippen LogP contribution in [0.2, 0.25) is 0 Å². The van der Waals surface area contributed by atoms with E-state index in [1.807, 2.05) is 32.9 Å². The second-order valence-corrected chi connectivity index (χ2v) is 5.84. The van der Waals surface area contributed by atoms with Crippen molar-refractivity contribution in [1.82, 2.24) is 4.98 Å². The molecule has 1 unspecified atom stereocenters. The van der Waals surface area contributed by atoms with Crippen LogP contribution >= 0.6 is 11.3 Å². The molecule has 1 N–H and O–H groups in total. The van der Waals surface area contributed by atoms with Crippen molar-refractivity contribution in [1.29, 1.82) is 0 Å². The third kappa shape index (κ3) is 2.86. The van der Waals surface area contributed by atoms with Crippen LogP contribution in [0, 0.1) is 20.8 Å². The van der Waals surface area contributed by atoms with E-state index in [0.717, 1.165) is 22.9 Å². The Hall–Kier alpha value is -1.40. The van der Waals surface area contributed by atoms with Gasteiger partial charge in [-0.25, -0.2) is 4.98 Å². The monoisotopic (exact) mass is 301 g/mol. The van der Waals surface area contributed by atoms with Gasteiger partial charge < -0.3 is 5.11 Å². The third-order valence-electron chi connectivity index (χ3n) is 3.05. The van der Waals surface area contributed by atoms with Crippen molar-refractivity contribution >= 4 is 11.3 Å². The van der Waals surface area contributed by atoms with Crippen LogP contribution in [0.15, 0.2) is 18.3 Å². The van der Waals surface area contributed by atoms with Gasteiger partial charge >= 0.3 is 6.18 Å². The van der Waals surface area contributed by atoms with Crippen LogP contribution in [-0.4, -0.2) is 10.1 Å². The minimum absolute atomic E-state index is 0.201. The summed E-state index contributed by atoms with van der Waals surface area (Å²) in [7, 11) is 0. The number of thiazole rings is 1. The van der Waals surface area contributed by atoms with Crippen LogP contribution in [0.3, 0.4) is 0 Å². The number of benzene rings is 1. The van der Waals surface area contributed by atoms with Gasteiger partial charge in [-0.2, -0.15) is 13.2 Å². The SMILES string of the molecule is Cc1cc(C)c(C(O)c2cnc(C(F)(F)F)s2)c(C)c1. The third-order valence-corrected chi connectivity index (χ3v) is 4.14. The number of aryl methyl sites for hydroxylation is 3. The lowest BCUT2D eigenvalue weighted by molar-refractivity contribution is -0.137. The number of nitrogens with zero attached hydrogens (tertiary/aromatic N) is 1. The summed E-state index contributed by atoms with van der Waals surface area (Å²) in [5.41, 5.74) is 3.41. The fraction of sp³-hybridized carbons (Fsp3) is 0.357. The van der Waals surface area contributed by atoms with Crippen molar-refractivity contribution in [3.63, 3.8) is 0 Å². The molecule has 108 valence electrons. The van der Waals surface area contributed by atoms with Crippen molar-refractivity contribution in [2.45, 2.75) is 33.1 Å². The van der Waals surface area contributed by atoms with Crippen molar-refractivity contribution in [2.24, 2.45) is 0 Å². The number of aliphatic hydroxyl groups excluding tert-OH is 1. The molecule has 2 aromatic rings. The Morgan fingerprint density at radius 2 is 1.70 bits per heavy atom. The van der Waals surface area contributed by atoms with E-state index in [9.17, 15) is 18.3 Å². The van der Waals surface area contributed by atoms with E-state index in [2.05, 4.69) is 4.98 Å². The Kier molecular flexibility index (Phi) is 3.88. The summed E-state index contributed by atoms with van der Waals surface area (Å²) in [4.78, 5) is 3.55. The van der Waals surface area contributed by atoms with Crippen LogP contribution in [0.1, 0.15) is 38.2 Å². The lowest BCUT2D eigenvalue weighted by Gasteiger charge is -2.16. The number of aliphatic hydroxyl groups is 1. The van der Waals surface area contributed by atoms with E-state index >= 15 is 0 Å². The zero-order valence-electron chi connectivity index (χ0n) is 11.2. The maximum atomic E-state index is 12.5. The van der Waals surface area contributed by atoms with Crippen molar-refractivity contribution in [2.75, 3.05) is 0 Å². The Morgan fingerprint density at radius 3 is 2.15 bits per heavy atom. The second-order valence-electron chi connectivity index (χ2n) is 4.78. The smallest absolute Gasteiger partial charge is 0.383 e. The molecular weight excluding hydrogens is 287 g/mol. The van der Waals surface area contributed by atoms with Gasteiger partial charge in [0.25, 0.3) is 0 Å². The van der Waals surface area contributed by atoms with E-state index in [1.54, 1.807) is 0 Å². The molecule has 0 bridgehead atoms. The van der Waals surface area contributed by atoms with E-state index in [4.69, 9.17) is 0 Å². The van der Waals surface area contributed by atoms with E-state index < -0.39 is 17.3 Å². The van der Waals surface area contributed by atoms with Gasteiger partial charge in [0, 0.05) is 6.20 Å². The molecule has 1 heterocycles. The molecule has 0 radical (unpaired) electrons. The number of hydrogen-bond acceptors (Lipinski definition) is 3. The zero-order chi connectivity index (χ0) is 15.1. The number of rotatable bonds is 2. The standard InChI is InChI=1S/C14H14F3NOS/c1-7-4-8(2)11(9(3)5-7)12(19)10-6-18-13(20-10)14(15,16)17/h4-6,12,19H,1-3H3. The fourth-order valence-electron chi connectivity index (χ4n) is 2.31. The van der Waals surface area contributed by atoms with Gasteiger partial charge in [0.1, 0.15) is 6.10 Å². The second kappa shape index (κ2) is 5.18. The number of hydrogen-bond donors (Lipinski definition) is 1. The maximum Gasteiger partial charge on any atom is 0.443 e. The minimum atomic E-state index is -4.47. The van der Waals surface area contributed by atoms with Gasteiger partial charge in [-0.3, -0.25) is 0 Å². The summed E-state index contributed by atoms with van der Waals surface area (Å²) in [5.74, 6) is 0. The molecule has 0 fully saturated rings. The lowest BCUT2D eigenvalue weighted by Crippen LogP contribution is -2.04. The Balaban J connectivity index is 2.42. The molecule has 0 aliphatic rings. The first-order valence-electron chi connectivity index (χ1n) is 5.99. The molecule has 1 atom stereocenters. The quantitative estimate of drug-likeness (QED) is 0.903. The molecule has 0 aliphatic heterocycles. The molecule has 6 heteroatoms. The number of aromatic nitrogens is 1. The molecule has 2 nitrogen and oxygen atoms in total. The van der Waals surface area contributed by atoms with Crippen LogP contribution in [0.5, 0.6) is 0 Å². The van der Waals surface area contributed by atoms with Crippen molar-refractivity contribution < 1.29 is 18.3 Å². The van der Waals surface area contributed by atoms with E-state index in [1.165, 1.54) is 0 Å². The zero-order valence-corrected chi connectivity index (χ0v) is 12.1. The first-order chi connectivity index (χ1) is 9.20. The van der Waals surface area contributed by atoms with Gasteiger partial charge in [-0.15, -0.1) is 11.3 Å². The largest absolute Gasteiger partial charge is 0.443 e. The maximum absolute atomic E-state index is 12.5. The first kappa shape index (κ1) is 15.0. The van der Waals surface area contributed by atoms with Crippen molar-refractivity contribution in [3.05, 3.63) is 50.5 Å². The molecular formula is C14H14F3NOS. The molecule has 0 saturated carbocycles. The molecule has 0 spiro atoms. The van der Waals surface area contributed by atoms with E-state index in [0.29, 0.717) is 16.9 Å². The van der Waals surface area contributed by atoms with Gasteiger partial charge in [0.05, 0.1) is 4.88 Å². The Morgan fingerprint density at radius 1 is 1.15 bits per heavy atom. The minimum Gasteiger partial charge on any atom is -0.383 e. The van der Waals surface area contributed by atoms with Gasteiger partial charge in [0.2, 0.25) is 0 Å². The highest BCUT2D eigenvalue weighted by Gasteiger charge is 2.35. The number of halogens is 3. The molecule has 1 aromatic heterocycles. The lowest BCUT2D eigenvalue weighted by atomic mass is 9.95. The summed E-state index contributed by atoms with van der Waals surface area (Å²) in [6, 6.07) is 3.80. The molecule has 0 saturated heterocycles. The molecule has 1 aromatic carbocycles. The summed E-state index contributed by atoms with van der Waals surface area (Å²) in [6.45, 7) is 5.61. The molecule has 2 rings (SSSR count). The molecule has 0 amide bonds. The summed E-state index contributed by atoms with van der Waals surface area (Å²) in [6.07, 6.45) is -4.46. The molecule has 20 heavy (non-hydrogen) atoms. The average molecular weight is 301 g/mol. The summed E-state index contributed by atoms with van der Waals surface area (Å²) in [5, 5.41) is 9.39.